The van der Waals surface area contributed by atoms with Crippen molar-refractivity contribution in [2.75, 3.05) is 13.2 Å². The van der Waals surface area contributed by atoms with Crippen molar-refractivity contribution in [3.63, 3.8) is 0 Å². The topological polar surface area (TPSA) is 35.2 Å². The molecular formula is C14H22FNO. The normalized spacial score (nSPS) is 12.6. The minimum atomic E-state index is -0.171. The molecule has 0 radical (unpaired) electrons. The molecule has 0 fully saturated rings. The molecule has 0 saturated heterocycles. The van der Waals surface area contributed by atoms with Crippen LogP contribution in [0.4, 0.5) is 4.39 Å². The number of hydrogen-bond acceptors (Lipinski definition) is 2. The summed E-state index contributed by atoms with van der Waals surface area (Å²) in [5.74, 6) is -0.171. The summed E-state index contributed by atoms with van der Waals surface area (Å²) in [5.41, 5.74) is 6.63. The number of hydrogen-bond donors (Lipinski definition) is 1. The van der Waals surface area contributed by atoms with Gasteiger partial charge in [0.1, 0.15) is 5.82 Å². The van der Waals surface area contributed by atoms with Crippen LogP contribution in [0.2, 0.25) is 0 Å². The highest BCUT2D eigenvalue weighted by atomic mass is 19.1. The van der Waals surface area contributed by atoms with Gasteiger partial charge in [-0.25, -0.2) is 4.39 Å². The number of unbranched alkanes of at least 4 members (excludes halogenated alkanes) is 1. The van der Waals surface area contributed by atoms with Crippen molar-refractivity contribution in [3.05, 3.63) is 35.6 Å². The fourth-order valence-corrected chi connectivity index (χ4v) is 1.63. The number of nitrogens with two attached hydrogens (primary N) is 1. The second kappa shape index (κ2) is 8.20. The average molecular weight is 239 g/mol. The molecule has 0 spiro atoms. The Morgan fingerprint density at radius 3 is 2.76 bits per heavy atom. The summed E-state index contributed by atoms with van der Waals surface area (Å²) in [4.78, 5) is 0. The van der Waals surface area contributed by atoms with Crippen molar-refractivity contribution in [1.29, 1.82) is 0 Å². The van der Waals surface area contributed by atoms with Gasteiger partial charge in [-0.1, -0.05) is 31.5 Å². The van der Waals surface area contributed by atoms with Crippen LogP contribution in [0.3, 0.4) is 0 Å². The fraction of sp³-hybridized carbons (Fsp3) is 0.571. The minimum Gasteiger partial charge on any atom is -0.381 e. The molecule has 1 unspecified atom stereocenters. The largest absolute Gasteiger partial charge is 0.381 e. The summed E-state index contributed by atoms with van der Waals surface area (Å²) >= 11 is 0. The number of ether oxygens (including phenoxy) is 1. The third-order valence-corrected chi connectivity index (χ3v) is 2.72. The maximum absolute atomic E-state index is 13.4. The van der Waals surface area contributed by atoms with Crippen LogP contribution >= 0.6 is 0 Å². The number of benzene rings is 1. The molecule has 0 amide bonds. The van der Waals surface area contributed by atoms with Gasteiger partial charge in [-0.15, -0.1) is 0 Å². The summed E-state index contributed by atoms with van der Waals surface area (Å²) in [6, 6.07) is 6.75. The van der Waals surface area contributed by atoms with E-state index in [1.807, 2.05) is 6.07 Å². The van der Waals surface area contributed by atoms with Crippen molar-refractivity contribution in [1.82, 2.24) is 0 Å². The van der Waals surface area contributed by atoms with E-state index >= 15 is 0 Å². The Morgan fingerprint density at radius 2 is 2.06 bits per heavy atom. The fourth-order valence-electron chi connectivity index (χ4n) is 1.63. The Balaban J connectivity index is 2.21. The Bertz CT molecular complexity index is 317. The molecule has 1 aromatic rings. The van der Waals surface area contributed by atoms with Gasteiger partial charge in [0.05, 0.1) is 0 Å². The van der Waals surface area contributed by atoms with Crippen molar-refractivity contribution in [3.8, 4) is 0 Å². The lowest BCUT2D eigenvalue weighted by Gasteiger charge is -2.12. The van der Waals surface area contributed by atoms with Gasteiger partial charge < -0.3 is 10.5 Å². The Labute approximate surface area is 103 Å². The van der Waals surface area contributed by atoms with E-state index < -0.39 is 0 Å². The van der Waals surface area contributed by atoms with E-state index in [2.05, 4.69) is 6.92 Å². The first kappa shape index (κ1) is 14.1. The van der Waals surface area contributed by atoms with Gasteiger partial charge in [0.15, 0.2) is 0 Å². The Morgan fingerprint density at radius 1 is 1.29 bits per heavy atom. The molecule has 0 aliphatic rings. The van der Waals surface area contributed by atoms with E-state index in [0.29, 0.717) is 18.6 Å². The first-order valence-electron chi connectivity index (χ1n) is 6.30. The molecule has 3 heteroatoms. The maximum atomic E-state index is 13.4. The van der Waals surface area contributed by atoms with Gasteiger partial charge in [-0.3, -0.25) is 0 Å². The summed E-state index contributed by atoms with van der Waals surface area (Å²) in [5, 5.41) is 0. The van der Waals surface area contributed by atoms with Crippen LogP contribution < -0.4 is 5.73 Å². The van der Waals surface area contributed by atoms with E-state index in [1.54, 1.807) is 12.1 Å². The molecule has 0 saturated carbocycles. The molecule has 2 nitrogen and oxygen atoms in total. The SMILES string of the molecule is CCCCOCCC(N)Cc1ccccc1F. The molecule has 2 N–H and O–H groups in total. The van der Waals surface area contributed by atoms with Gasteiger partial charge in [0.2, 0.25) is 0 Å². The number of halogens is 1. The summed E-state index contributed by atoms with van der Waals surface area (Å²) in [6.07, 6.45) is 3.58. The lowest BCUT2D eigenvalue weighted by molar-refractivity contribution is 0.124. The molecule has 0 bridgehead atoms. The molecule has 1 atom stereocenters. The zero-order valence-corrected chi connectivity index (χ0v) is 10.5. The lowest BCUT2D eigenvalue weighted by atomic mass is 10.0. The van der Waals surface area contributed by atoms with Crippen LogP contribution in [-0.2, 0) is 11.2 Å². The van der Waals surface area contributed by atoms with E-state index in [-0.39, 0.29) is 11.9 Å². The predicted octanol–water partition coefficient (Wildman–Crippen LogP) is 2.90. The highest BCUT2D eigenvalue weighted by molar-refractivity contribution is 5.18. The summed E-state index contributed by atoms with van der Waals surface area (Å²) < 4.78 is 18.8. The van der Waals surface area contributed by atoms with Gasteiger partial charge in [-0.2, -0.15) is 0 Å². The first-order chi connectivity index (χ1) is 8.24. The smallest absolute Gasteiger partial charge is 0.126 e. The van der Waals surface area contributed by atoms with Gasteiger partial charge in [0, 0.05) is 19.3 Å². The van der Waals surface area contributed by atoms with Crippen molar-refractivity contribution in [2.45, 2.75) is 38.6 Å². The molecule has 0 aliphatic heterocycles. The van der Waals surface area contributed by atoms with Gasteiger partial charge in [0.25, 0.3) is 0 Å². The van der Waals surface area contributed by atoms with E-state index in [1.165, 1.54) is 6.07 Å². The second-order valence-corrected chi connectivity index (χ2v) is 4.31. The minimum absolute atomic E-state index is 0.0338. The van der Waals surface area contributed by atoms with Crippen LogP contribution in [0.25, 0.3) is 0 Å². The standard InChI is InChI=1S/C14H22FNO/c1-2-3-9-17-10-8-13(16)11-12-6-4-5-7-14(12)15/h4-7,13H,2-3,8-11,16H2,1H3. The predicted molar refractivity (Wildman–Crippen MR) is 68.4 cm³/mol. The third kappa shape index (κ3) is 5.80. The highest BCUT2D eigenvalue weighted by Crippen LogP contribution is 2.09. The average Bonchev–Trinajstić information content (AvgIpc) is 2.32. The lowest BCUT2D eigenvalue weighted by Crippen LogP contribution is -2.25. The van der Waals surface area contributed by atoms with E-state index in [4.69, 9.17) is 10.5 Å². The van der Waals surface area contributed by atoms with Crippen LogP contribution in [0.5, 0.6) is 0 Å². The van der Waals surface area contributed by atoms with Crippen molar-refractivity contribution >= 4 is 0 Å². The van der Waals surface area contributed by atoms with Crippen LogP contribution in [0.15, 0.2) is 24.3 Å². The summed E-state index contributed by atoms with van der Waals surface area (Å²) in [7, 11) is 0. The van der Waals surface area contributed by atoms with Crippen LogP contribution in [0, 0.1) is 5.82 Å². The first-order valence-corrected chi connectivity index (χ1v) is 6.30. The molecule has 1 rings (SSSR count). The van der Waals surface area contributed by atoms with E-state index in [0.717, 1.165) is 25.9 Å². The van der Waals surface area contributed by atoms with E-state index in [9.17, 15) is 4.39 Å². The Hall–Kier alpha value is -0.930. The zero-order chi connectivity index (χ0) is 12.5. The Kier molecular flexibility index (Phi) is 6.82. The maximum Gasteiger partial charge on any atom is 0.126 e. The number of rotatable bonds is 8. The molecule has 0 aromatic heterocycles. The second-order valence-electron chi connectivity index (χ2n) is 4.31. The van der Waals surface area contributed by atoms with Crippen LogP contribution in [0.1, 0.15) is 31.7 Å². The zero-order valence-electron chi connectivity index (χ0n) is 10.5. The molecular weight excluding hydrogens is 217 g/mol. The van der Waals surface area contributed by atoms with Crippen LogP contribution in [-0.4, -0.2) is 19.3 Å². The molecule has 0 heterocycles. The molecule has 96 valence electrons. The van der Waals surface area contributed by atoms with Crippen molar-refractivity contribution in [2.24, 2.45) is 5.73 Å². The van der Waals surface area contributed by atoms with Gasteiger partial charge >= 0.3 is 0 Å². The van der Waals surface area contributed by atoms with Crippen molar-refractivity contribution < 1.29 is 9.13 Å². The molecule has 17 heavy (non-hydrogen) atoms. The molecule has 0 aliphatic carbocycles. The third-order valence-electron chi connectivity index (χ3n) is 2.72. The van der Waals surface area contributed by atoms with Gasteiger partial charge in [-0.05, 0) is 30.9 Å². The quantitative estimate of drug-likeness (QED) is 0.708. The summed E-state index contributed by atoms with van der Waals surface area (Å²) in [6.45, 7) is 3.59. The molecule has 1 aromatic carbocycles. The monoisotopic (exact) mass is 239 g/mol. The highest BCUT2D eigenvalue weighted by Gasteiger charge is 2.07.